The fourth-order valence-corrected chi connectivity index (χ4v) is 7.54. The molecule has 0 aliphatic carbocycles. The molecule has 6 aromatic carbocycles. The number of aromatic nitrogens is 4. The van der Waals surface area contributed by atoms with E-state index in [2.05, 4.69) is 118 Å². The Morgan fingerprint density at radius 2 is 1.09 bits per heavy atom. The Bertz CT molecular complexity index is 2630. The van der Waals surface area contributed by atoms with Gasteiger partial charge in [-0.3, -0.25) is 4.98 Å². The van der Waals surface area contributed by atoms with Crippen LogP contribution < -0.4 is 0 Å². The second-order valence-corrected chi connectivity index (χ2v) is 13.6. The van der Waals surface area contributed by atoms with E-state index in [4.69, 9.17) is 15.0 Å². The summed E-state index contributed by atoms with van der Waals surface area (Å²) in [7, 11) is 0. The minimum atomic E-state index is 0.616. The van der Waals surface area contributed by atoms with Crippen LogP contribution in [0.15, 0.2) is 146 Å². The SMILES string of the molecule is C/C=C\c1c(CC)c(C)c(/C=C\CC)c2ccc(-c3cc(-c4nc(-c5ccccc5)nc(-c5ccccc5)n4)cc(-c4cncc5ccccc45)c3)cc12.CC.CC. The molecule has 0 fully saturated rings. The molecular weight excluding hydrogens is 705 g/mol. The van der Waals surface area contributed by atoms with Crippen LogP contribution in [0.3, 0.4) is 0 Å². The number of fused-ring (bicyclic) bond motifs is 2. The Hall–Kier alpha value is -6.52. The fraction of sp³-hybridized carbons (Fsp3) is 0.185. The van der Waals surface area contributed by atoms with Crippen LogP contribution in [-0.2, 0) is 6.42 Å². The van der Waals surface area contributed by atoms with Gasteiger partial charge in [0.25, 0.3) is 0 Å². The summed E-state index contributed by atoms with van der Waals surface area (Å²) in [5.74, 6) is 1.88. The highest BCUT2D eigenvalue weighted by atomic mass is 15.0. The van der Waals surface area contributed by atoms with Gasteiger partial charge in [-0.05, 0) is 106 Å². The molecule has 0 atom stereocenters. The number of pyridine rings is 1. The highest BCUT2D eigenvalue weighted by molar-refractivity contribution is 6.02. The molecule has 0 spiro atoms. The molecule has 0 radical (unpaired) electrons. The van der Waals surface area contributed by atoms with Gasteiger partial charge in [0.2, 0.25) is 0 Å². The summed E-state index contributed by atoms with van der Waals surface area (Å²) in [6.07, 6.45) is 14.8. The first-order chi connectivity index (χ1) is 28.6. The number of allylic oxidation sites excluding steroid dienone is 2. The molecule has 0 N–H and O–H groups in total. The van der Waals surface area contributed by atoms with Crippen LogP contribution >= 0.6 is 0 Å². The first-order valence-electron chi connectivity index (χ1n) is 20.8. The van der Waals surface area contributed by atoms with Crippen molar-refractivity contribution in [3.05, 3.63) is 168 Å². The molecule has 290 valence electrons. The normalized spacial score (nSPS) is 11.1. The smallest absolute Gasteiger partial charge is 0.164 e. The van der Waals surface area contributed by atoms with E-state index in [-0.39, 0.29) is 0 Å². The van der Waals surface area contributed by atoms with E-state index >= 15 is 0 Å². The number of hydrogen-bond donors (Lipinski definition) is 0. The third kappa shape index (κ3) is 8.57. The quantitative estimate of drug-likeness (QED) is 0.147. The second kappa shape index (κ2) is 19.6. The van der Waals surface area contributed by atoms with Crippen LogP contribution in [0.2, 0.25) is 0 Å². The Balaban J connectivity index is 0.00000138. The molecule has 2 aromatic heterocycles. The molecule has 0 amide bonds. The van der Waals surface area contributed by atoms with Gasteiger partial charge >= 0.3 is 0 Å². The van der Waals surface area contributed by atoms with Crippen LogP contribution in [0.4, 0.5) is 0 Å². The number of hydrogen-bond acceptors (Lipinski definition) is 4. The topological polar surface area (TPSA) is 51.6 Å². The molecule has 0 saturated heterocycles. The average molecular weight is 759 g/mol. The van der Waals surface area contributed by atoms with Crippen LogP contribution in [0.5, 0.6) is 0 Å². The van der Waals surface area contributed by atoms with E-state index in [0.29, 0.717) is 17.5 Å². The van der Waals surface area contributed by atoms with E-state index in [9.17, 15) is 0 Å². The number of rotatable bonds is 9. The van der Waals surface area contributed by atoms with Crippen molar-refractivity contribution in [2.45, 2.75) is 68.2 Å². The van der Waals surface area contributed by atoms with Crippen molar-refractivity contribution in [3.8, 4) is 56.4 Å². The van der Waals surface area contributed by atoms with Crippen LogP contribution in [0.25, 0.3) is 90.1 Å². The molecule has 4 nitrogen and oxygen atoms in total. The first kappa shape index (κ1) is 41.1. The summed E-state index contributed by atoms with van der Waals surface area (Å²) in [6, 6.07) is 42.4. The molecule has 0 aliphatic heterocycles. The Morgan fingerprint density at radius 1 is 0.500 bits per heavy atom. The van der Waals surface area contributed by atoms with Gasteiger partial charge in [-0.25, -0.2) is 15.0 Å². The lowest BCUT2D eigenvalue weighted by Gasteiger charge is -2.18. The zero-order valence-corrected chi connectivity index (χ0v) is 35.2. The Morgan fingerprint density at radius 3 is 1.71 bits per heavy atom. The third-order valence-corrected chi connectivity index (χ3v) is 10.2. The fourth-order valence-electron chi connectivity index (χ4n) is 7.54. The van der Waals surface area contributed by atoms with Gasteiger partial charge < -0.3 is 0 Å². The van der Waals surface area contributed by atoms with Crippen molar-refractivity contribution in [2.24, 2.45) is 0 Å². The molecule has 8 aromatic rings. The molecule has 0 bridgehead atoms. The zero-order chi connectivity index (χ0) is 41.0. The predicted octanol–water partition coefficient (Wildman–Crippen LogP) is 15.3. The summed E-state index contributed by atoms with van der Waals surface area (Å²) in [5.41, 5.74) is 12.4. The van der Waals surface area contributed by atoms with Gasteiger partial charge in [0.15, 0.2) is 17.5 Å². The van der Waals surface area contributed by atoms with Crippen molar-refractivity contribution in [1.29, 1.82) is 0 Å². The van der Waals surface area contributed by atoms with E-state index in [1.165, 1.54) is 33.0 Å². The highest BCUT2D eigenvalue weighted by Gasteiger charge is 2.18. The molecule has 0 saturated carbocycles. The van der Waals surface area contributed by atoms with Crippen LogP contribution in [0.1, 0.15) is 77.1 Å². The van der Waals surface area contributed by atoms with E-state index < -0.39 is 0 Å². The van der Waals surface area contributed by atoms with Gasteiger partial charge in [-0.2, -0.15) is 0 Å². The maximum Gasteiger partial charge on any atom is 0.164 e. The first-order valence-corrected chi connectivity index (χ1v) is 20.8. The molecule has 2 heterocycles. The van der Waals surface area contributed by atoms with Crippen molar-refractivity contribution in [2.75, 3.05) is 0 Å². The van der Waals surface area contributed by atoms with E-state index in [1.807, 2.05) is 101 Å². The summed E-state index contributed by atoms with van der Waals surface area (Å²) < 4.78 is 0. The lowest BCUT2D eigenvalue weighted by Crippen LogP contribution is -2.01. The van der Waals surface area contributed by atoms with Crippen molar-refractivity contribution in [3.63, 3.8) is 0 Å². The summed E-state index contributed by atoms with van der Waals surface area (Å²) in [4.78, 5) is 19.9. The standard InChI is InChI=1S/C50H42N4.2C2H6/c1-5-8-23-42-33(4)41(7-3)44(17-6-2)46-30-36(25-26-45(42)46)38-27-39(47-32-51-31-37-22-15-16-24-43(37)47)29-40(28-38)50-53-48(34-18-11-9-12-19-34)52-49(54-50)35-20-13-10-14-21-35;2*1-2/h6,8-32H,5,7H2,1-4H3;2*1-2H3/b17-6-,23-8-;;. The highest BCUT2D eigenvalue weighted by Crippen LogP contribution is 2.39. The van der Waals surface area contributed by atoms with Gasteiger partial charge in [0.1, 0.15) is 0 Å². The van der Waals surface area contributed by atoms with Gasteiger partial charge in [-0.15, -0.1) is 0 Å². The molecule has 58 heavy (non-hydrogen) atoms. The predicted molar refractivity (Wildman–Crippen MR) is 251 cm³/mol. The van der Waals surface area contributed by atoms with Crippen molar-refractivity contribution >= 4 is 33.7 Å². The lowest BCUT2D eigenvalue weighted by molar-refractivity contribution is 1.07. The monoisotopic (exact) mass is 758 g/mol. The van der Waals surface area contributed by atoms with Crippen molar-refractivity contribution in [1.82, 2.24) is 19.9 Å². The molecule has 0 unspecified atom stereocenters. The molecule has 4 heteroatoms. The van der Waals surface area contributed by atoms with Gasteiger partial charge in [0, 0.05) is 40.0 Å². The van der Waals surface area contributed by atoms with Crippen LogP contribution in [-0.4, -0.2) is 19.9 Å². The summed E-state index contributed by atoms with van der Waals surface area (Å²) in [5, 5.41) is 4.75. The molecule has 8 rings (SSSR count). The van der Waals surface area contributed by atoms with E-state index in [1.54, 1.807) is 0 Å². The minimum Gasteiger partial charge on any atom is -0.263 e. The van der Waals surface area contributed by atoms with Gasteiger partial charge in [-0.1, -0.05) is 163 Å². The third-order valence-electron chi connectivity index (χ3n) is 10.2. The largest absolute Gasteiger partial charge is 0.263 e. The molecule has 0 aliphatic rings. The average Bonchev–Trinajstić information content (AvgIpc) is 3.30. The summed E-state index contributed by atoms with van der Waals surface area (Å²) in [6.45, 7) is 16.8. The number of nitrogens with zero attached hydrogens (tertiary/aromatic N) is 4. The van der Waals surface area contributed by atoms with Crippen LogP contribution in [0, 0.1) is 6.92 Å². The zero-order valence-electron chi connectivity index (χ0n) is 35.2. The lowest BCUT2D eigenvalue weighted by atomic mass is 9.86. The Labute approximate surface area is 345 Å². The van der Waals surface area contributed by atoms with E-state index in [0.717, 1.165) is 62.6 Å². The number of benzene rings is 6. The van der Waals surface area contributed by atoms with Gasteiger partial charge in [0.05, 0.1) is 0 Å². The van der Waals surface area contributed by atoms with Crippen molar-refractivity contribution < 1.29 is 0 Å². The second-order valence-electron chi connectivity index (χ2n) is 13.6. The maximum absolute atomic E-state index is 5.14. The maximum atomic E-state index is 5.14. The minimum absolute atomic E-state index is 0.616. The molecular formula is C54H54N4. The summed E-state index contributed by atoms with van der Waals surface area (Å²) >= 11 is 0. The Kier molecular flexibility index (Phi) is 13.9.